The molecule has 7 heteroatoms. The van der Waals surface area contributed by atoms with E-state index in [1.165, 1.54) is 18.2 Å². The number of halogens is 1. The number of hydrogen-bond donors (Lipinski definition) is 2. The minimum absolute atomic E-state index is 0.354. The molecule has 1 aromatic carbocycles. The molecule has 0 aliphatic heterocycles. The van der Waals surface area contributed by atoms with Crippen molar-refractivity contribution in [2.24, 2.45) is 17.3 Å². The molecule has 0 radical (unpaired) electrons. The second-order valence-electron chi connectivity index (χ2n) is 5.74. The Morgan fingerprint density at radius 3 is 2.71 bits per heavy atom. The number of carbonyl (C=O) groups excluding carboxylic acids is 1. The molecule has 2 aromatic rings. The quantitative estimate of drug-likeness (QED) is 0.913. The van der Waals surface area contributed by atoms with Gasteiger partial charge in [0.25, 0.3) is 0 Å². The molecule has 2 N–H and O–H groups in total. The van der Waals surface area contributed by atoms with E-state index in [1.807, 2.05) is 0 Å². The zero-order valence-corrected chi connectivity index (χ0v) is 12.2. The topological polar surface area (TPSA) is 79.3 Å². The number of aromatic nitrogens is 1. The highest BCUT2D eigenvalue weighted by atomic mass is 32.1. The van der Waals surface area contributed by atoms with Crippen molar-refractivity contribution in [3.8, 4) is 0 Å². The fourth-order valence-corrected chi connectivity index (χ4v) is 3.62. The summed E-state index contributed by atoms with van der Waals surface area (Å²) in [5, 5.41) is 12.1. The molecular formula is C14H13FN2O3S. The van der Waals surface area contributed by atoms with Gasteiger partial charge in [0.2, 0.25) is 5.91 Å². The van der Waals surface area contributed by atoms with E-state index >= 15 is 0 Å². The fraction of sp³-hybridized carbons (Fsp3) is 0.357. The zero-order chi connectivity index (χ0) is 15.4. The number of carboxylic acids is 1. The summed E-state index contributed by atoms with van der Waals surface area (Å²) >= 11 is 1.16. The standard InChI is InChI=1S/C14H13FN2O3S/c1-14(2)9(10(14)12(19)20)11(18)17-13-16-7-4-3-6(15)5-8(7)21-13/h3-5,9-10H,1-2H3,(H,19,20)(H,16,17,18)/t9-,10+/m0/s1. The third-order valence-corrected chi connectivity index (χ3v) is 4.89. The van der Waals surface area contributed by atoms with Crippen molar-refractivity contribution in [2.45, 2.75) is 13.8 Å². The number of carboxylic acid groups (broad SMARTS) is 1. The number of nitrogens with zero attached hydrogens (tertiary/aromatic N) is 1. The van der Waals surface area contributed by atoms with Crippen LogP contribution in [0.5, 0.6) is 0 Å². The van der Waals surface area contributed by atoms with Crippen LogP contribution in [0.4, 0.5) is 9.52 Å². The van der Waals surface area contributed by atoms with Crippen molar-refractivity contribution in [1.82, 2.24) is 4.98 Å². The molecule has 0 bridgehead atoms. The fourth-order valence-electron chi connectivity index (χ4n) is 2.72. The maximum atomic E-state index is 13.1. The van der Waals surface area contributed by atoms with Gasteiger partial charge in [0.1, 0.15) is 5.82 Å². The number of rotatable bonds is 3. The van der Waals surface area contributed by atoms with Gasteiger partial charge in [0.15, 0.2) is 5.13 Å². The van der Waals surface area contributed by atoms with E-state index in [2.05, 4.69) is 10.3 Å². The van der Waals surface area contributed by atoms with Crippen molar-refractivity contribution in [3.05, 3.63) is 24.0 Å². The molecule has 3 rings (SSSR count). The summed E-state index contributed by atoms with van der Waals surface area (Å²) in [6.07, 6.45) is 0. The Hall–Kier alpha value is -2.02. The van der Waals surface area contributed by atoms with Gasteiger partial charge in [-0.15, -0.1) is 0 Å². The average molecular weight is 308 g/mol. The third kappa shape index (κ3) is 2.27. The predicted molar refractivity (Wildman–Crippen MR) is 76.6 cm³/mol. The normalized spacial score (nSPS) is 23.0. The zero-order valence-electron chi connectivity index (χ0n) is 11.4. The van der Waals surface area contributed by atoms with Crippen molar-refractivity contribution < 1.29 is 19.1 Å². The van der Waals surface area contributed by atoms with E-state index in [9.17, 15) is 14.0 Å². The average Bonchev–Trinajstić information content (AvgIpc) is 2.75. The lowest BCUT2D eigenvalue weighted by Gasteiger charge is -2.02. The summed E-state index contributed by atoms with van der Waals surface area (Å²) in [5.74, 6) is -2.93. The van der Waals surface area contributed by atoms with Crippen LogP contribution in [0.2, 0.25) is 0 Å². The molecule has 0 unspecified atom stereocenters. The van der Waals surface area contributed by atoms with E-state index < -0.39 is 23.2 Å². The lowest BCUT2D eigenvalue weighted by molar-refractivity contribution is -0.140. The smallest absolute Gasteiger partial charge is 0.307 e. The Kier molecular flexibility index (Phi) is 2.98. The number of hydrogen-bond acceptors (Lipinski definition) is 4. The highest BCUT2D eigenvalue weighted by Gasteiger charge is 2.65. The van der Waals surface area contributed by atoms with Crippen LogP contribution in [0, 0.1) is 23.1 Å². The number of nitrogens with one attached hydrogen (secondary N) is 1. The molecule has 0 saturated heterocycles. The number of fused-ring (bicyclic) bond motifs is 1. The number of anilines is 1. The molecule has 1 aliphatic rings. The van der Waals surface area contributed by atoms with Crippen LogP contribution < -0.4 is 5.32 Å². The molecule has 1 fully saturated rings. The van der Waals surface area contributed by atoms with E-state index in [4.69, 9.17) is 5.11 Å². The Morgan fingerprint density at radius 1 is 1.38 bits per heavy atom. The van der Waals surface area contributed by atoms with E-state index in [0.717, 1.165) is 11.3 Å². The van der Waals surface area contributed by atoms with Gasteiger partial charge >= 0.3 is 5.97 Å². The van der Waals surface area contributed by atoms with Crippen molar-refractivity contribution in [1.29, 1.82) is 0 Å². The maximum absolute atomic E-state index is 13.1. The van der Waals surface area contributed by atoms with Crippen LogP contribution in [0.25, 0.3) is 10.2 Å². The molecule has 2 atom stereocenters. The molecule has 1 amide bonds. The summed E-state index contributed by atoms with van der Waals surface area (Å²) < 4.78 is 13.7. The third-order valence-electron chi connectivity index (χ3n) is 3.96. The van der Waals surface area contributed by atoms with Crippen molar-refractivity contribution >= 4 is 38.6 Å². The molecule has 0 spiro atoms. The Morgan fingerprint density at radius 2 is 2.10 bits per heavy atom. The Balaban J connectivity index is 1.80. The summed E-state index contributed by atoms with van der Waals surface area (Å²) in [6.45, 7) is 3.51. The minimum atomic E-state index is -0.966. The largest absolute Gasteiger partial charge is 0.481 e. The molecule has 1 aromatic heterocycles. The van der Waals surface area contributed by atoms with Gasteiger partial charge in [-0.25, -0.2) is 9.37 Å². The van der Waals surface area contributed by atoms with Gasteiger partial charge < -0.3 is 10.4 Å². The second kappa shape index (κ2) is 4.49. The number of amides is 1. The number of aliphatic carboxylic acids is 1. The number of thiazole rings is 1. The first-order chi connectivity index (χ1) is 9.80. The maximum Gasteiger partial charge on any atom is 0.307 e. The van der Waals surface area contributed by atoms with Gasteiger partial charge in [-0.05, 0) is 23.6 Å². The Labute approximate surface area is 123 Å². The van der Waals surface area contributed by atoms with Gasteiger partial charge in [0.05, 0.1) is 22.1 Å². The van der Waals surface area contributed by atoms with Gasteiger partial charge in [-0.3, -0.25) is 9.59 Å². The SMILES string of the molecule is CC1(C)[C@H](C(=O)Nc2nc3ccc(F)cc3s2)[C@@H]1C(=O)O. The first kappa shape index (κ1) is 13.9. The van der Waals surface area contributed by atoms with Crippen LogP contribution >= 0.6 is 11.3 Å². The van der Waals surface area contributed by atoms with Crippen LogP contribution in [-0.4, -0.2) is 22.0 Å². The Bertz CT molecular complexity index is 756. The molecule has 1 aliphatic carbocycles. The van der Waals surface area contributed by atoms with E-state index in [0.29, 0.717) is 15.3 Å². The number of benzene rings is 1. The molecule has 21 heavy (non-hydrogen) atoms. The monoisotopic (exact) mass is 308 g/mol. The van der Waals surface area contributed by atoms with Crippen LogP contribution in [0.3, 0.4) is 0 Å². The number of carbonyl (C=O) groups is 2. The molecule has 1 heterocycles. The van der Waals surface area contributed by atoms with Gasteiger partial charge in [-0.1, -0.05) is 25.2 Å². The van der Waals surface area contributed by atoms with E-state index in [1.54, 1.807) is 13.8 Å². The first-order valence-corrected chi connectivity index (χ1v) is 7.22. The molecule has 5 nitrogen and oxygen atoms in total. The van der Waals surface area contributed by atoms with Crippen LogP contribution in [0.15, 0.2) is 18.2 Å². The summed E-state index contributed by atoms with van der Waals surface area (Å²) in [7, 11) is 0. The first-order valence-electron chi connectivity index (χ1n) is 6.40. The summed E-state index contributed by atoms with van der Waals surface area (Å²) in [6, 6.07) is 4.19. The summed E-state index contributed by atoms with van der Waals surface area (Å²) in [5.41, 5.74) is 0.0418. The van der Waals surface area contributed by atoms with Crippen LogP contribution in [-0.2, 0) is 9.59 Å². The van der Waals surface area contributed by atoms with Crippen molar-refractivity contribution in [2.75, 3.05) is 5.32 Å². The second-order valence-corrected chi connectivity index (χ2v) is 6.77. The molecule has 1 saturated carbocycles. The molecule has 110 valence electrons. The highest BCUT2D eigenvalue weighted by molar-refractivity contribution is 7.22. The lowest BCUT2D eigenvalue weighted by atomic mass is 10.1. The predicted octanol–water partition coefficient (Wildman–Crippen LogP) is 2.73. The van der Waals surface area contributed by atoms with Gasteiger partial charge in [0, 0.05) is 0 Å². The van der Waals surface area contributed by atoms with Crippen molar-refractivity contribution in [3.63, 3.8) is 0 Å². The highest BCUT2D eigenvalue weighted by Crippen LogP contribution is 2.58. The summed E-state index contributed by atoms with van der Waals surface area (Å²) in [4.78, 5) is 27.4. The molecular weight excluding hydrogens is 295 g/mol. The van der Waals surface area contributed by atoms with Crippen LogP contribution in [0.1, 0.15) is 13.8 Å². The van der Waals surface area contributed by atoms with Gasteiger partial charge in [-0.2, -0.15) is 0 Å². The minimum Gasteiger partial charge on any atom is -0.481 e. The van der Waals surface area contributed by atoms with E-state index in [-0.39, 0.29) is 11.7 Å². The lowest BCUT2D eigenvalue weighted by Crippen LogP contribution is -2.17.